The first-order valence-electron chi connectivity index (χ1n) is 13.8. The van der Waals surface area contributed by atoms with E-state index in [1.165, 1.54) is 41.5 Å². The Morgan fingerprint density at radius 1 is 0.826 bits per heavy atom. The molecular weight excluding hydrogens is 640 g/mol. The zero-order valence-electron chi connectivity index (χ0n) is 24.4. The highest BCUT2D eigenvalue weighted by Crippen LogP contribution is 2.35. The quantitative estimate of drug-likeness (QED) is 0.197. The van der Waals surface area contributed by atoms with Gasteiger partial charge in [-0.15, -0.1) is 0 Å². The maximum absolute atomic E-state index is 13.8. The molecule has 9 nitrogen and oxygen atoms in total. The molecule has 0 fully saturated rings. The number of nitrogens with zero attached hydrogens (tertiary/aromatic N) is 4. The van der Waals surface area contributed by atoms with Crippen LogP contribution in [0.1, 0.15) is 16.7 Å². The molecule has 3 aromatic heterocycles. The lowest BCUT2D eigenvalue weighted by atomic mass is 10.0. The summed E-state index contributed by atoms with van der Waals surface area (Å²) in [6, 6.07) is 19.8. The van der Waals surface area contributed by atoms with E-state index in [0.29, 0.717) is 38.9 Å². The summed E-state index contributed by atoms with van der Waals surface area (Å²) in [5.74, 6) is 0. The van der Waals surface area contributed by atoms with Crippen molar-refractivity contribution in [1.82, 2.24) is 18.7 Å². The molecule has 6 rings (SSSR count). The summed E-state index contributed by atoms with van der Waals surface area (Å²) in [5, 5.41) is 4.81. The number of rotatable bonds is 8. The first-order chi connectivity index (χ1) is 21.7. The van der Waals surface area contributed by atoms with Crippen LogP contribution >= 0.6 is 0 Å². The van der Waals surface area contributed by atoms with Crippen LogP contribution in [0.5, 0.6) is 0 Å². The van der Waals surface area contributed by atoms with E-state index in [2.05, 4.69) is 14.8 Å². The third-order valence-electron chi connectivity index (χ3n) is 7.23. The van der Waals surface area contributed by atoms with Gasteiger partial charge in [-0.2, -0.15) is 18.3 Å². The molecule has 0 aliphatic rings. The second-order valence-electron chi connectivity index (χ2n) is 10.8. The fraction of sp³-hybridized carbons (Fsp3) is 0.125. The van der Waals surface area contributed by atoms with Gasteiger partial charge in [0.15, 0.2) is 5.65 Å². The van der Waals surface area contributed by atoms with Crippen LogP contribution in [0, 0.1) is 6.92 Å². The molecule has 0 radical (unpaired) electrons. The van der Waals surface area contributed by atoms with Crippen LogP contribution in [0.2, 0.25) is 0 Å². The Kier molecular flexibility index (Phi) is 7.73. The smallest absolute Gasteiger partial charge is 0.284 e. The van der Waals surface area contributed by atoms with Crippen LogP contribution in [0.15, 0.2) is 109 Å². The maximum Gasteiger partial charge on any atom is 0.416 e. The van der Waals surface area contributed by atoms with E-state index < -0.39 is 31.8 Å². The van der Waals surface area contributed by atoms with Gasteiger partial charge < -0.3 is 0 Å². The first-order valence-corrected chi connectivity index (χ1v) is 17.1. The topological polar surface area (TPSA) is 116 Å². The second kappa shape index (κ2) is 11.4. The molecule has 0 aliphatic heterocycles. The van der Waals surface area contributed by atoms with Crippen molar-refractivity contribution < 1.29 is 30.0 Å². The zero-order valence-corrected chi connectivity index (χ0v) is 26.0. The van der Waals surface area contributed by atoms with E-state index in [1.54, 1.807) is 54.7 Å². The lowest BCUT2D eigenvalue weighted by Crippen LogP contribution is -2.12. The van der Waals surface area contributed by atoms with Crippen LogP contribution in [-0.4, -0.2) is 41.8 Å². The van der Waals surface area contributed by atoms with Crippen molar-refractivity contribution in [3.63, 3.8) is 0 Å². The predicted molar refractivity (Wildman–Crippen MR) is 169 cm³/mol. The number of hydrogen-bond donors (Lipinski definition) is 1. The van der Waals surface area contributed by atoms with Crippen LogP contribution < -0.4 is 4.72 Å². The summed E-state index contributed by atoms with van der Waals surface area (Å²) in [7, 11) is -7.62. The molecular formula is C32H26F3N5O4S2. The van der Waals surface area contributed by atoms with Gasteiger partial charge >= 0.3 is 6.18 Å². The molecule has 0 atom stereocenters. The minimum Gasteiger partial charge on any atom is -0.284 e. The van der Waals surface area contributed by atoms with Crippen molar-refractivity contribution in [2.24, 2.45) is 0 Å². The molecule has 0 unspecified atom stereocenters. The van der Waals surface area contributed by atoms with Gasteiger partial charge in [0.05, 0.1) is 29.5 Å². The van der Waals surface area contributed by atoms with E-state index in [-0.39, 0.29) is 17.1 Å². The summed E-state index contributed by atoms with van der Waals surface area (Å²) in [6.07, 6.45) is 2.65. The van der Waals surface area contributed by atoms with Crippen molar-refractivity contribution >= 4 is 36.8 Å². The van der Waals surface area contributed by atoms with Gasteiger partial charge in [-0.3, -0.25) is 9.40 Å². The number of sulfonamides is 1. The summed E-state index contributed by atoms with van der Waals surface area (Å²) < 4.78 is 96.1. The highest BCUT2D eigenvalue weighted by Gasteiger charge is 2.30. The number of aromatic nitrogens is 4. The molecule has 1 N–H and O–H groups in total. The molecule has 3 heterocycles. The Labute approximate surface area is 263 Å². The van der Waals surface area contributed by atoms with Gasteiger partial charge in [0, 0.05) is 46.4 Å². The number of alkyl halides is 3. The first kappa shape index (κ1) is 31.0. The predicted octanol–water partition coefficient (Wildman–Crippen LogP) is 6.55. The molecule has 0 saturated carbocycles. The van der Waals surface area contributed by atoms with E-state index in [4.69, 9.17) is 0 Å². The number of aryl methyl sites for hydroxylation is 1. The number of halogens is 3. The van der Waals surface area contributed by atoms with Crippen molar-refractivity contribution in [3.8, 4) is 22.3 Å². The fourth-order valence-corrected chi connectivity index (χ4v) is 6.95. The molecule has 0 amide bonds. The normalized spacial score (nSPS) is 12.5. The highest BCUT2D eigenvalue weighted by molar-refractivity contribution is 7.92. The van der Waals surface area contributed by atoms with Gasteiger partial charge in [-0.05, 0) is 60.5 Å². The molecule has 0 spiro atoms. The number of hydrogen-bond acceptors (Lipinski definition) is 6. The third-order valence-corrected chi connectivity index (χ3v) is 9.50. The lowest BCUT2D eigenvalue weighted by molar-refractivity contribution is -0.137. The van der Waals surface area contributed by atoms with Crippen LogP contribution in [0.4, 0.5) is 18.9 Å². The average molecular weight is 666 g/mol. The highest BCUT2D eigenvalue weighted by atomic mass is 32.2. The van der Waals surface area contributed by atoms with E-state index in [0.717, 1.165) is 27.9 Å². The summed E-state index contributed by atoms with van der Waals surface area (Å²) in [5.41, 5.74) is 3.21. The molecule has 0 aliphatic carbocycles. The minimum atomic E-state index is -4.48. The lowest BCUT2D eigenvalue weighted by Gasteiger charge is -2.09. The average Bonchev–Trinajstić information content (AvgIpc) is 3.61. The number of anilines is 1. The largest absolute Gasteiger partial charge is 0.416 e. The third kappa shape index (κ3) is 6.39. The van der Waals surface area contributed by atoms with Crippen molar-refractivity contribution in [3.05, 3.63) is 120 Å². The maximum atomic E-state index is 13.8. The molecule has 0 bridgehead atoms. The monoisotopic (exact) mass is 665 g/mol. The van der Waals surface area contributed by atoms with Gasteiger partial charge in [0.1, 0.15) is 0 Å². The van der Waals surface area contributed by atoms with Gasteiger partial charge in [-0.25, -0.2) is 25.8 Å². The van der Waals surface area contributed by atoms with Crippen LogP contribution in [0.25, 0.3) is 33.3 Å². The van der Waals surface area contributed by atoms with E-state index >= 15 is 0 Å². The molecule has 3 aromatic carbocycles. The molecule has 236 valence electrons. The minimum absolute atomic E-state index is 0.0495. The summed E-state index contributed by atoms with van der Waals surface area (Å²) in [6.45, 7) is 1.90. The standard InChI is InChI=1S/C32H26F3N5O4S2/c1-21-9-11-28(12-10-21)46(43,44)40-20-30(25-17-37-39(19-25)18-22-5-3-7-26(13-22)32(33,34)35)29-15-24(16-36-31(29)40)23-6-4-8-27(14-23)38-45(2,41)42/h3-17,19-20,38H,18H2,1-2H3. The Hall–Kier alpha value is -4.95. The Bertz CT molecular complexity index is 2310. The van der Waals surface area contributed by atoms with E-state index in [9.17, 15) is 30.0 Å². The second-order valence-corrected chi connectivity index (χ2v) is 14.4. The SMILES string of the molecule is Cc1ccc(S(=O)(=O)n2cc(-c3cnn(Cc4cccc(C(F)(F)F)c4)c3)c3cc(-c4cccc(NS(C)(=O)=O)c4)cnc32)cc1. The van der Waals surface area contributed by atoms with Crippen LogP contribution in [-0.2, 0) is 32.8 Å². The van der Waals surface area contributed by atoms with Crippen molar-refractivity contribution in [2.45, 2.75) is 24.5 Å². The number of pyridine rings is 1. The van der Waals surface area contributed by atoms with Gasteiger partial charge in [-0.1, -0.05) is 42.0 Å². The Morgan fingerprint density at radius 2 is 1.57 bits per heavy atom. The van der Waals surface area contributed by atoms with Crippen molar-refractivity contribution in [2.75, 3.05) is 11.0 Å². The van der Waals surface area contributed by atoms with Gasteiger partial charge in [0.2, 0.25) is 10.0 Å². The van der Waals surface area contributed by atoms with Gasteiger partial charge in [0.25, 0.3) is 10.0 Å². The molecule has 6 aromatic rings. The molecule has 46 heavy (non-hydrogen) atoms. The molecule has 0 saturated heterocycles. The summed E-state index contributed by atoms with van der Waals surface area (Å²) >= 11 is 0. The van der Waals surface area contributed by atoms with Crippen molar-refractivity contribution in [1.29, 1.82) is 0 Å². The Morgan fingerprint density at radius 3 is 2.28 bits per heavy atom. The van der Waals surface area contributed by atoms with Crippen LogP contribution in [0.3, 0.4) is 0 Å². The zero-order chi connectivity index (χ0) is 32.9. The fourth-order valence-electron chi connectivity index (χ4n) is 5.07. The molecule has 14 heteroatoms. The number of fused-ring (bicyclic) bond motifs is 1. The Balaban J connectivity index is 1.46. The van der Waals surface area contributed by atoms with E-state index in [1.807, 2.05) is 6.92 Å². The number of benzene rings is 3. The summed E-state index contributed by atoms with van der Waals surface area (Å²) in [4.78, 5) is 4.60. The number of nitrogens with one attached hydrogen (secondary N) is 1.